The SMILES string of the molecule is CC.CCOC(=O)c1cnc(NC2(c3ccccc3C(F)(F)F)CCC2)nc1. The molecule has 1 aromatic carbocycles. The Hall–Kier alpha value is -2.64. The van der Waals surface area contributed by atoms with Gasteiger partial charge >= 0.3 is 12.1 Å². The molecular weight excluding hydrogens is 371 g/mol. The molecule has 0 aliphatic heterocycles. The summed E-state index contributed by atoms with van der Waals surface area (Å²) in [6.45, 7) is 5.92. The molecule has 1 N–H and O–H groups in total. The van der Waals surface area contributed by atoms with Crippen molar-refractivity contribution in [3.63, 3.8) is 0 Å². The van der Waals surface area contributed by atoms with Gasteiger partial charge in [-0.25, -0.2) is 14.8 Å². The molecule has 1 saturated carbocycles. The zero-order valence-electron chi connectivity index (χ0n) is 16.1. The predicted molar refractivity (Wildman–Crippen MR) is 99.9 cm³/mol. The Bertz CT molecular complexity index is 788. The van der Waals surface area contributed by atoms with E-state index in [1.54, 1.807) is 13.0 Å². The van der Waals surface area contributed by atoms with Crippen LogP contribution >= 0.6 is 0 Å². The summed E-state index contributed by atoms with van der Waals surface area (Å²) in [6.07, 6.45) is 0.0620. The third kappa shape index (κ3) is 4.61. The number of hydrogen-bond acceptors (Lipinski definition) is 5. The molecule has 1 aromatic heterocycles. The number of benzene rings is 1. The molecule has 152 valence electrons. The number of nitrogens with zero attached hydrogens (tertiary/aromatic N) is 2. The van der Waals surface area contributed by atoms with Crippen LogP contribution in [0.1, 0.15) is 61.5 Å². The van der Waals surface area contributed by atoms with Gasteiger partial charge < -0.3 is 10.1 Å². The Morgan fingerprint density at radius 1 is 1.18 bits per heavy atom. The van der Waals surface area contributed by atoms with Crippen molar-refractivity contribution in [2.24, 2.45) is 0 Å². The minimum absolute atomic E-state index is 0.176. The number of rotatable bonds is 5. The van der Waals surface area contributed by atoms with Crippen molar-refractivity contribution >= 4 is 11.9 Å². The normalized spacial score (nSPS) is 14.9. The monoisotopic (exact) mass is 395 g/mol. The first kappa shape index (κ1) is 21.7. The third-order valence-electron chi connectivity index (χ3n) is 4.47. The molecule has 0 saturated heterocycles. The largest absolute Gasteiger partial charge is 0.462 e. The summed E-state index contributed by atoms with van der Waals surface area (Å²) in [7, 11) is 0. The summed E-state index contributed by atoms with van der Waals surface area (Å²) in [5, 5.41) is 3.04. The van der Waals surface area contributed by atoms with Crippen LogP contribution in [0.3, 0.4) is 0 Å². The minimum Gasteiger partial charge on any atom is -0.462 e. The number of aromatic nitrogens is 2. The third-order valence-corrected chi connectivity index (χ3v) is 4.47. The number of carbonyl (C=O) groups excluding carboxylic acids is 1. The van der Waals surface area contributed by atoms with E-state index < -0.39 is 23.2 Å². The topological polar surface area (TPSA) is 64.1 Å². The van der Waals surface area contributed by atoms with Crippen LogP contribution < -0.4 is 5.32 Å². The van der Waals surface area contributed by atoms with Gasteiger partial charge in [0.05, 0.1) is 23.3 Å². The highest BCUT2D eigenvalue weighted by molar-refractivity contribution is 5.88. The number of anilines is 1. The standard InChI is InChI=1S/C18H18F3N3O2.C2H6/c1-2-26-15(25)12-10-22-16(23-11-12)24-17(8-5-9-17)13-6-3-4-7-14(13)18(19,20)21;1-2/h3-4,6-7,10-11H,2,5,8-9H2,1H3,(H,22,23,24);1-2H3. The number of esters is 1. The van der Waals surface area contributed by atoms with E-state index in [9.17, 15) is 18.0 Å². The molecule has 1 heterocycles. The second kappa shape index (κ2) is 9.03. The molecule has 1 aliphatic carbocycles. The lowest BCUT2D eigenvalue weighted by molar-refractivity contribution is -0.139. The van der Waals surface area contributed by atoms with E-state index >= 15 is 0 Å². The van der Waals surface area contributed by atoms with Crippen LogP contribution in [0, 0.1) is 0 Å². The van der Waals surface area contributed by atoms with Crippen molar-refractivity contribution < 1.29 is 22.7 Å². The predicted octanol–water partition coefficient (Wildman–Crippen LogP) is 5.19. The highest BCUT2D eigenvalue weighted by Crippen LogP contribution is 2.47. The zero-order valence-corrected chi connectivity index (χ0v) is 16.1. The average Bonchev–Trinajstić information content (AvgIpc) is 2.66. The molecule has 2 aromatic rings. The first-order chi connectivity index (χ1) is 13.4. The van der Waals surface area contributed by atoms with Crippen molar-refractivity contribution in [2.75, 3.05) is 11.9 Å². The maximum Gasteiger partial charge on any atom is 0.416 e. The van der Waals surface area contributed by atoms with Crippen LogP contribution in [0.25, 0.3) is 0 Å². The molecule has 0 amide bonds. The molecule has 28 heavy (non-hydrogen) atoms. The molecule has 5 nitrogen and oxygen atoms in total. The van der Waals surface area contributed by atoms with E-state index in [0.717, 1.165) is 12.5 Å². The van der Waals surface area contributed by atoms with Crippen LogP contribution in [0.2, 0.25) is 0 Å². The van der Waals surface area contributed by atoms with Gasteiger partial charge in [-0.2, -0.15) is 13.2 Å². The summed E-state index contributed by atoms with van der Waals surface area (Å²) in [6, 6.07) is 5.55. The fourth-order valence-electron chi connectivity index (χ4n) is 3.07. The smallest absolute Gasteiger partial charge is 0.416 e. The number of alkyl halides is 3. The van der Waals surface area contributed by atoms with E-state index in [-0.39, 0.29) is 23.7 Å². The highest BCUT2D eigenvalue weighted by atomic mass is 19.4. The quantitative estimate of drug-likeness (QED) is 0.706. The maximum absolute atomic E-state index is 13.4. The van der Waals surface area contributed by atoms with Crippen molar-refractivity contribution in [2.45, 2.75) is 51.7 Å². The lowest BCUT2D eigenvalue weighted by Crippen LogP contribution is -2.44. The highest BCUT2D eigenvalue weighted by Gasteiger charge is 2.45. The fraction of sp³-hybridized carbons (Fsp3) is 0.450. The average molecular weight is 395 g/mol. The van der Waals surface area contributed by atoms with Gasteiger partial charge in [0, 0.05) is 12.4 Å². The Morgan fingerprint density at radius 3 is 2.29 bits per heavy atom. The van der Waals surface area contributed by atoms with Crippen molar-refractivity contribution in [1.29, 1.82) is 0 Å². The summed E-state index contributed by atoms with van der Waals surface area (Å²) >= 11 is 0. The van der Waals surface area contributed by atoms with Crippen LogP contribution in [-0.4, -0.2) is 22.5 Å². The molecule has 8 heteroatoms. The van der Waals surface area contributed by atoms with Gasteiger partial charge in [-0.15, -0.1) is 0 Å². The van der Waals surface area contributed by atoms with Gasteiger partial charge in [0.1, 0.15) is 0 Å². The molecule has 0 bridgehead atoms. The molecule has 0 radical (unpaired) electrons. The molecule has 0 atom stereocenters. The lowest BCUT2D eigenvalue weighted by Gasteiger charge is -2.44. The Morgan fingerprint density at radius 2 is 1.79 bits per heavy atom. The van der Waals surface area contributed by atoms with Gasteiger partial charge in [-0.3, -0.25) is 0 Å². The van der Waals surface area contributed by atoms with E-state index in [1.165, 1.54) is 24.5 Å². The first-order valence-electron chi connectivity index (χ1n) is 9.30. The van der Waals surface area contributed by atoms with E-state index in [1.807, 2.05) is 13.8 Å². The number of halogens is 3. The van der Waals surface area contributed by atoms with E-state index in [4.69, 9.17) is 4.74 Å². The summed E-state index contributed by atoms with van der Waals surface area (Å²) in [4.78, 5) is 19.8. The maximum atomic E-state index is 13.4. The molecular formula is C20H24F3N3O2. The zero-order chi connectivity index (χ0) is 20.8. The van der Waals surface area contributed by atoms with Crippen LogP contribution in [0.15, 0.2) is 36.7 Å². The van der Waals surface area contributed by atoms with Gasteiger partial charge in [-0.1, -0.05) is 32.0 Å². The van der Waals surface area contributed by atoms with Gasteiger partial charge in [-0.05, 0) is 37.8 Å². The second-order valence-corrected chi connectivity index (χ2v) is 6.12. The van der Waals surface area contributed by atoms with E-state index in [2.05, 4.69) is 15.3 Å². The Balaban J connectivity index is 0.00000136. The number of ether oxygens (including phenoxy) is 1. The van der Waals surface area contributed by atoms with Crippen LogP contribution in [0.5, 0.6) is 0 Å². The summed E-state index contributed by atoms with van der Waals surface area (Å²) < 4.78 is 45.0. The second-order valence-electron chi connectivity index (χ2n) is 6.12. The first-order valence-corrected chi connectivity index (χ1v) is 9.30. The Kier molecular flexibility index (Phi) is 6.99. The van der Waals surface area contributed by atoms with E-state index in [0.29, 0.717) is 12.8 Å². The van der Waals surface area contributed by atoms with Crippen LogP contribution in [0.4, 0.5) is 19.1 Å². The van der Waals surface area contributed by atoms with Crippen LogP contribution in [-0.2, 0) is 16.5 Å². The number of hydrogen-bond donors (Lipinski definition) is 1. The minimum atomic E-state index is -4.44. The molecule has 1 fully saturated rings. The molecule has 3 rings (SSSR count). The summed E-state index contributed by atoms with van der Waals surface area (Å²) in [5.74, 6) is -0.366. The lowest BCUT2D eigenvalue weighted by atomic mass is 9.70. The molecule has 1 aliphatic rings. The van der Waals surface area contributed by atoms with Crippen molar-refractivity contribution in [1.82, 2.24) is 9.97 Å². The summed E-state index contributed by atoms with van der Waals surface area (Å²) in [5.41, 5.74) is -1.14. The number of nitrogens with one attached hydrogen (secondary N) is 1. The van der Waals surface area contributed by atoms with Crippen molar-refractivity contribution in [3.05, 3.63) is 53.3 Å². The number of carbonyl (C=O) groups is 1. The van der Waals surface area contributed by atoms with Gasteiger partial charge in [0.25, 0.3) is 0 Å². The van der Waals surface area contributed by atoms with Crippen molar-refractivity contribution in [3.8, 4) is 0 Å². The molecule has 0 spiro atoms. The molecule has 0 unspecified atom stereocenters. The Labute approximate surface area is 162 Å². The van der Waals surface area contributed by atoms with Gasteiger partial charge in [0.15, 0.2) is 0 Å². The fourth-order valence-corrected chi connectivity index (χ4v) is 3.07. The van der Waals surface area contributed by atoms with Gasteiger partial charge in [0.2, 0.25) is 5.95 Å².